The van der Waals surface area contributed by atoms with E-state index >= 15 is 0 Å². The normalized spacial score (nSPS) is 20.8. The van der Waals surface area contributed by atoms with Gasteiger partial charge in [-0.25, -0.2) is 0 Å². The van der Waals surface area contributed by atoms with E-state index in [2.05, 4.69) is 18.7 Å². The highest BCUT2D eigenvalue weighted by atomic mass is 16.3. The standard InChI is InChI=1S/C13H26N2O2/c1-3-7-14(8-4-2)13(17)10-15-9-5-6-12(15)11-16/h12,16H,3-11H2,1-2H3/t12-/m1/s1. The predicted molar refractivity (Wildman–Crippen MR) is 68.8 cm³/mol. The summed E-state index contributed by atoms with van der Waals surface area (Å²) in [6.07, 6.45) is 4.13. The summed E-state index contributed by atoms with van der Waals surface area (Å²) in [5.74, 6) is 0.217. The maximum Gasteiger partial charge on any atom is 0.236 e. The maximum absolute atomic E-state index is 12.1. The largest absolute Gasteiger partial charge is 0.395 e. The highest BCUT2D eigenvalue weighted by Crippen LogP contribution is 2.16. The monoisotopic (exact) mass is 242 g/mol. The summed E-state index contributed by atoms with van der Waals surface area (Å²) in [5, 5.41) is 9.23. The van der Waals surface area contributed by atoms with E-state index in [4.69, 9.17) is 0 Å². The van der Waals surface area contributed by atoms with Crippen molar-refractivity contribution < 1.29 is 9.90 Å². The van der Waals surface area contributed by atoms with Crippen LogP contribution in [0.3, 0.4) is 0 Å². The number of hydrogen-bond acceptors (Lipinski definition) is 3. The Hall–Kier alpha value is -0.610. The number of hydrogen-bond donors (Lipinski definition) is 1. The number of carbonyl (C=O) groups excluding carboxylic acids is 1. The molecule has 0 aromatic rings. The summed E-state index contributed by atoms with van der Waals surface area (Å²) in [4.78, 5) is 16.2. The van der Waals surface area contributed by atoms with E-state index in [-0.39, 0.29) is 18.6 Å². The zero-order valence-corrected chi connectivity index (χ0v) is 11.2. The molecule has 4 heteroatoms. The van der Waals surface area contributed by atoms with E-state index < -0.39 is 0 Å². The molecular weight excluding hydrogens is 216 g/mol. The Morgan fingerprint density at radius 1 is 1.35 bits per heavy atom. The summed E-state index contributed by atoms with van der Waals surface area (Å²) in [6.45, 7) is 7.50. The summed E-state index contributed by atoms with van der Waals surface area (Å²) < 4.78 is 0. The van der Waals surface area contributed by atoms with Crippen LogP contribution < -0.4 is 0 Å². The van der Waals surface area contributed by atoms with Crippen LogP contribution in [0.25, 0.3) is 0 Å². The zero-order valence-electron chi connectivity index (χ0n) is 11.2. The van der Waals surface area contributed by atoms with Gasteiger partial charge in [0.25, 0.3) is 0 Å². The van der Waals surface area contributed by atoms with E-state index in [1.165, 1.54) is 0 Å². The highest BCUT2D eigenvalue weighted by molar-refractivity contribution is 5.78. The summed E-state index contributed by atoms with van der Waals surface area (Å²) >= 11 is 0. The predicted octanol–water partition coefficient (Wildman–Crippen LogP) is 1.09. The van der Waals surface area contributed by atoms with Crippen LogP contribution in [0, 0.1) is 0 Å². The van der Waals surface area contributed by atoms with Crippen molar-refractivity contribution in [1.29, 1.82) is 0 Å². The third kappa shape index (κ3) is 4.28. The van der Waals surface area contributed by atoms with Crippen molar-refractivity contribution in [3.05, 3.63) is 0 Å². The number of carbonyl (C=O) groups is 1. The van der Waals surface area contributed by atoms with Crippen molar-refractivity contribution in [2.45, 2.75) is 45.6 Å². The van der Waals surface area contributed by atoms with Gasteiger partial charge in [0.05, 0.1) is 13.2 Å². The highest BCUT2D eigenvalue weighted by Gasteiger charge is 2.26. The van der Waals surface area contributed by atoms with Gasteiger partial charge in [0.1, 0.15) is 0 Å². The molecule has 1 saturated heterocycles. The Balaban J connectivity index is 2.44. The molecule has 0 unspecified atom stereocenters. The van der Waals surface area contributed by atoms with Crippen LogP contribution in [0.5, 0.6) is 0 Å². The number of aliphatic hydroxyl groups excluding tert-OH is 1. The second-order valence-electron chi connectivity index (χ2n) is 4.83. The first-order valence-corrected chi connectivity index (χ1v) is 6.85. The van der Waals surface area contributed by atoms with Gasteiger partial charge in [0.15, 0.2) is 0 Å². The van der Waals surface area contributed by atoms with Crippen LogP contribution in [0.2, 0.25) is 0 Å². The molecule has 4 nitrogen and oxygen atoms in total. The minimum Gasteiger partial charge on any atom is -0.395 e. The van der Waals surface area contributed by atoms with Gasteiger partial charge in [-0.1, -0.05) is 13.8 Å². The van der Waals surface area contributed by atoms with Crippen molar-refractivity contribution in [3.8, 4) is 0 Å². The number of amides is 1. The molecule has 1 atom stereocenters. The number of nitrogens with zero attached hydrogens (tertiary/aromatic N) is 2. The molecule has 0 bridgehead atoms. The summed E-state index contributed by atoms with van der Waals surface area (Å²) in [7, 11) is 0. The molecule has 100 valence electrons. The van der Waals surface area contributed by atoms with Gasteiger partial charge in [0.2, 0.25) is 5.91 Å². The van der Waals surface area contributed by atoms with Gasteiger partial charge in [-0.2, -0.15) is 0 Å². The lowest BCUT2D eigenvalue weighted by Crippen LogP contribution is -2.43. The summed E-state index contributed by atoms with van der Waals surface area (Å²) in [6, 6.07) is 0.198. The Labute approximate surface area is 105 Å². The smallest absolute Gasteiger partial charge is 0.236 e. The molecule has 1 fully saturated rings. The molecule has 1 aliphatic heterocycles. The molecule has 0 radical (unpaired) electrons. The Kier molecular flexibility index (Phi) is 6.52. The van der Waals surface area contributed by atoms with Crippen LogP contribution in [-0.2, 0) is 4.79 Å². The van der Waals surface area contributed by atoms with E-state index in [9.17, 15) is 9.90 Å². The molecule has 0 saturated carbocycles. The molecule has 0 aliphatic carbocycles. The average molecular weight is 242 g/mol. The Bertz CT molecular complexity index is 227. The molecule has 1 N–H and O–H groups in total. The molecule has 17 heavy (non-hydrogen) atoms. The second-order valence-corrected chi connectivity index (χ2v) is 4.83. The van der Waals surface area contributed by atoms with Crippen molar-refractivity contribution in [2.24, 2.45) is 0 Å². The average Bonchev–Trinajstić information content (AvgIpc) is 2.76. The fourth-order valence-electron chi connectivity index (χ4n) is 2.48. The van der Waals surface area contributed by atoms with Crippen molar-refractivity contribution in [1.82, 2.24) is 9.80 Å². The zero-order chi connectivity index (χ0) is 12.7. The van der Waals surface area contributed by atoms with Gasteiger partial charge in [-0.3, -0.25) is 9.69 Å². The van der Waals surface area contributed by atoms with Crippen molar-refractivity contribution in [3.63, 3.8) is 0 Å². The fraction of sp³-hybridized carbons (Fsp3) is 0.923. The first-order chi connectivity index (χ1) is 8.22. The topological polar surface area (TPSA) is 43.8 Å². The van der Waals surface area contributed by atoms with E-state index in [1.54, 1.807) is 0 Å². The molecule has 1 heterocycles. The van der Waals surface area contributed by atoms with E-state index in [1.807, 2.05) is 4.90 Å². The lowest BCUT2D eigenvalue weighted by molar-refractivity contribution is -0.132. The molecule has 1 aliphatic rings. The van der Waals surface area contributed by atoms with Crippen LogP contribution in [0.15, 0.2) is 0 Å². The number of rotatable bonds is 7. The molecular formula is C13H26N2O2. The minimum atomic E-state index is 0.175. The quantitative estimate of drug-likeness (QED) is 0.727. The van der Waals surface area contributed by atoms with E-state index in [0.717, 1.165) is 45.3 Å². The van der Waals surface area contributed by atoms with Crippen LogP contribution >= 0.6 is 0 Å². The SMILES string of the molecule is CCCN(CCC)C(=O)CN1CCC[C@@H]1CO. The van der Waals surface area contributed by atoms with Crippen LogP contribution in [-0.4, -0.2) is 59.6 Å². The van der Waals surface area contributed by atoms with E-state index in [0.29, 0.717) is 6.54 Å². The molecule has 0 aromatic heterocycles. The Morgan fingerprint density at radius 3 is 2.53 bits per heavy atom. The third-order valence-corrected chi connectivity index (χ3v) is 3.39. The van der Waals surface area contributed by atoms with Crippen LogP contribution in [0.4, 0.5) is 0 Å². The molecule has 0 spiro atoms. The maximum atomic E-state index is 12.1. The molecule has 0 aromatic carbocycles. The Morgan fingerprint density at radius 2 is 2.00 bits per heavy atom. The third-order valence-electron chi connectivity index (χ3n) is 3.39. The number of aliphatic hydroxyl groups is 1. The molecule has 1 rings (SSSR count). The number of likely N-dealkylation sites (tertiary alicyclic amines) is 1. The second kappa shape index (κ2) is 7.67. The summed E-state index contributed by atoms with van der Waals surface area (Å²) in [5.41, 5.74) is 0. The van der Waals surface area contributed by atoms with Crippen molar-refractivity contribution in [2.75, 3.05) is 32.8 Å². The van der Waals surface area contributed by atoms with Gasteiger partial charge in [0, 0.05) is 19.1 Å². The lowest BCUT2D eigenvalue weighted by atomic mass is 10.2. The fourth-order valence-corrected chi connectivity index (χ4v) is 2.48. The molecule has 1 amide bonds. The van der Waals surface area contributed by atoms with Crippen molar-refractivity contribution >= 4 is 5.91 Å². The van der Waals surface area contributed by atoms with Gasteiger partial charge in [-0.05, 0) is 32.2 Å². The minimum absolute atomic E-state index is 0.175. The van der Waals surface area contributed by atoms with Crippen LogP contribution in [0.1, 0.15) is 39.5 Å². The first kappa shape index (κ1) is 14.5. The lowest BCUT2D eigenvalue weighted by Gasteiger charge is -2.27. The van der Waals surface area contributed by atoms with Gasteiger partial charge in [-0.15, -0.1) is 0 Å². The van der Waals surface area contributed by atoms with Gasteiger partial charge >= 0.3 is 0 Å². The first-order valence-electron chi connectivity index (χ1n) is 6.85. The van der Waals surface area contributed by atoms with Gasteiger partial charge < -0.3 is 10.0 Å².